The second-order valence-corrected chi connectivity index (χ2v) is 6.82. The molecular formula is C15H24. The minimum absolute atomic E-state index is 0.620. The molecule has 4 unspecified atom stereocenters. The van der Waals surface area contributed by atoms with Gasteiger partial charge in [-0.1, -0.05) is 31.9 Å². The van der Waals surface area contributed by atoms with Crippen LogP contribution in [-0.4, -0.2) is 0 Å². The van der Waals surface area contributed by atoms with Gasteiger partial charge in [0.1, 0.15) is 0 Å². The Hall–Kier alpha value is -0.260. The third kappa shape index (κ3) is 1.14. The molecule has 0 aromatic rings. The Balaban J connectivity index is 2.10. The zero-order valence-corrected chi connectivity index (χ0v) is 10.5. The van der Waals surface area contributed by atoms with E-state index < -0.39 is 0 Å². The second-order valence-electron chi connectivity index (χ2n) is 6.82. The van der Waals surface area contributed by atoms with Gasteiger partial charge in [0, 0.05) is 0 Å². The molecule has 0 aromatic carbocycles. The molecule has 2 fully saturated rings. The van der Waals surface area contributed by atoms with Crippen molar-refractivity contribution < 1.29 is 0 Å². The average Bonchev–Trinajstić information content (AvgIpc) is 2.37. The zero-order chi connectivity index (χ0) is 10.7. The lowest BCUT2D eigenvalue weighted by atomic mass is 9.54. The summed E-state index contributed by atoms with van der Waals surface area (Å²) in [6.07, 6.45) is 11.5. The largest absolute Gasteiger partial charge is 0.0788 e. The molecular weight excluding hydrogens is 180 g/mol. The monoisotopic (exact) mass is 204 g/mol. The molecule has 3 aliphatic rings. The van der Waals surface area contributed by atoms with Crippen molar-refractivity contribution in [2.75, 3.05) is 0 Å². The van der Waals surface area contributed by atoms with Gasteiger partial charge in [-0.3, -0.25) is 0 Å². The quantitative estimate of drug-likeness (QED) is 0.507. The maximum atomic E-state index is 2.69. The summed E-state index contributed by atoms with van der Waals surface area (Å²) in [5, 5.41) is 0. The summed E-state index contributed by atoms with van der Waals surface area (Å²) in [6.45, 7) is 7.43. The highest BCUT2D eigenvalue weighted by Crippen LogP contribution is 2.67. The van der Waals surface area contributed by atoms with Crippen LogP contribution >= 0.6 is 0 Å². The van der Waals surface area contributed by atoms with Crippen LogP contribution in [0.1, 0.15) is 59.3 Å². The fourth-order valence-corrected chi connectivity index (χ4v) is 5.28. The molecule has 0 radical (unpaired) electrons. The Kier molecular flexibility index (Phi) is 1.92. The minimum Gasteiger partial charge on any atom is -0.0788 e. The van der Waals surface area contributed by atoms with Gasteiger partial charge >= 0.3 is 0 Å². The smallest absolute Gasteiger partial charge is 0.00563 e. The molecule has 0 aliphatic heterocycles. The molecule has 0 N–H and O–H groups in total. The molecule has 0 saturated heterocycles. The molecule has 2 saturated carbocycles. The lowest BCUT2D eigenvalue weighted by Crippen LogP contribution is -2.42. The Morgan fingerprint density at radius 1 is 1.27 bits per heavy atom. The van der Waals surface area contributed by atoms with Crippen LogP contribution in [0.4, 0.5) is 0 Å². The second kappa shape index (κ2) is 2.90. The Bertz CT molecular complexity index is 314. The van der Waals surface area contributed by atoms with Gasteiger partial charge in [0.05, 0.1) is 0 Å². The first-order valence-corrected chi connectivity index (χ1v) is 6.75. The number of hydrogen-bond donors (Lipinski definition) is 0. The molecule has 4 atom stereocenters. The van der Waals surface area contributed by atoms with E-state index in [9.17, 15) is 0 Å². The first-order valence-electron chi connectivity index (χ1n) is 6.75. The first kappa shape index (κ1) is 9.93. The summed E-state index contributed by atoms with van der Waals surface area (Å²) in [6, 6.07) is 0. The number of rotatable bonds is 0. The molecule has 0 nitrogen and oxygen atoms in total. The van der Waals surface area contributed by atoms with Crippen molar-refractivity contribution in [2.24, 2.45) is 22.7 Å². The van der Waals surface area contributed by atoms with Crippen LogP contribution in [0.15, 0.2) is 11.6 Å². The van der Waals surface area contributed by atoms with Gasteiger partial charge in [0.25, 0.3) is 0 Å². The third-order valence-corrected chi connectivity index (χ3v) is 5.86. The number of allylic oxidation sites excluding steroid dienone is 2. The molecule has 15 heavy (non-hydrogen) atoms. The van der Waals surface area contributed by atoms with Crippen LogP contribution < -0.4 is 0 Å². The minimum atomic E-state index is 0.620. The molecule has 3 aliphatic carbocycles. The molecule has 3 rings (SSSR count). The fraction of sp³-hybridized carbons (Fsp3) is 0.867. The molecule has 0 amide bonds. The molecule has 2 bridgehead atoms. The lowest BCUT2D eigenvalue weighted by Gasteiger charge is -2.51. The normalized spacial score (nSPS) is 53.7. The summed E-state index contributed by atoms with van der Waals surface area (Å²) >= 11 is 0. The van der Waals surface area contributed by atoms with Crippen molar-refractivity contribution in [3.8, 4) is 0 Å². The van der Waals surface area contributed by atoms with E-state index in [4.69, 9.17) is 0 Å². The van der Waals surface area contributed by atoms with E-state index in [1.165, 1.54) is 38.5 Å². The highest BCUT2D eigenvalue weighted by atomic mass is 14.6. The van der Waals surface area contributed by atoms with Gasteiger partial charge in [0.2, 0.25) is 0 Å². The Morgan fingerprint density at radius 3 is 2.87 bits per heavy atom. The van der Waals surface area contributed by atoms with E-state index in [1.54, 1.807) is 5.57 Å². The van der Waals surface area contributed by atoms with E-state index in [2.05, 4.69) is 26.8 Å². The highest BCUT2D eigenvalue weighted by Gasteiger charge is 2.58. The molecule has 84 valence electrons. The van der Waals surface area contributed by atoms with Crippen molar-refractivity contribution in [1.82, 2.24) is 0 Å². The van der Waals surface area contributed by atoms with Crippen molar-refractivity contribution in [2.45, 2.75) is 59.3 Å². The van der Waals surface area contributed by atoms with Crippen LogP contribution in [0, 0.1) is 22.7 Å². The van der Waals surface area contributed by atoms with Crippen LogP contribution in [0.5, 0.6) is 0 Å². The van der Waals surface area contributed by atoms with Crippen LogP contribution in [0.25, 0.3) is 0 Å². The van der Waals surface area contributed by atoms with E-state index in [0.29, 0.717) is 10.8 Å². The topological polar surface area (TPSA) is 0 Å². The van der Waals surface area contributed by atoms with E-state index in [1.807, 2.05) is 0 Å². The van der Waals surface area contributed by atoms with E-state index in [-0.39, 0.29) is 0 Å². The van der Waals surface area contributed by atoms with E-state index in [0.717, 1.165) is 11.8 Å². The average molecular weight is 204 g/mol. The van der Waals surface area contributed by atoms with Crippen molar-refractivity contribution in [3.63, 3.8) is 0 Å². The van der Waals surface area contributed by atoms with Gasteiger partial charge in [-0.25, -0.2) is 0 Å². The predicted octanol–water partition coefficient (Wildman–Crippen LogP) is 4.56. The van der Waals surface area contributed by atoms with Crippen molar-refractivity contribution >= 4 is 0 Å². The van der Waals surface area contributed by atoms with Crippen molar-refractivity contribution in [1.29, 1.82) is 0 Å². The predicted molar refractivity (Wildman–Crippen MR) is 64.7 cm³/mol. The van der Waals surface area contributed by atoms with Crippen LogP contribution in [0.3, 0.4) is 0 Å². The van der Waals surface area contributed by atoms with Gasteiger partial charge in [-0.2, -0.15) is 0 Å². The summed E-state index contributed by atoms with van der Waals surface area (Å²) in [5.41, 5.74) is 2.96. The zero-order valence-electron chi connectivity index (χ0n) is 10.5. The summed E-state index contributed by atoms with van der Waals surface area (Å²) in [7, 11) is 0. The highest BCUT2D eigenvalue weighted by molar-refractivity contribution is 5.25. The third-order valence-electron chi connectivity index (χ3n) is 5.86. The summed E-state index contributed by atoms with van der Waals surface area (Å²) in [4.78, 5) is 0. The van der Waals surface area contributed by atoms with Gasteiger partial charge in [-0.05, 0) is 61.7 Å². The Morgan fingerprint density at radius 2 is 2.07 bits per heavy atom. The summed E-state index contributed by atoms with van der Waals surface area (Å²) in [5.74, 6) is 1.95. The van der Waals surface area contributed by atoms with Crippen LogP contribution in [-0.2, 0) is 0 Å². The first-order chi connectivity index (χ1) is 7.07. The molecule has 0 aromatic heterocycles. The molecule has 0 spiro atoms. The molecule has 0 heteroatoms. The SMILES string of the molecule is CC1=CC23CCC(C)(C1)C2CCCC3C. The van der Waals surface area contributed by atoms with Crippen molar-refractivity contribution in [3.05, 3.63) is 11.6 Å². The standard InChI is InChI=1S/C15H24/c1-11-9-14(3)7-8-15(10-11)12(2)5-4-6-13(14)15/h10,12-13H,4-9H2,1-3H3. The fourth-order valence-electron chi connectivity index (χ4n) is 5.28. The van der Waals surface area contributed by atoms with Gasteiger partial charge < -0.3 is 0 Å². The Labute approximate surface area is 94.1 Å². The van der Waals surface area contributed by atoms with Gasteiger partial charge in [0.15, 0.2) is 0 Å². The maximum Gasteiger partial charge on any atom is -0.00563 e. The van der Waals surface area contributed by atoms with Gasteiger partial charge in [-0.15, -0.1) is 0 Å². The number of hydrogen-bond acceptors (Lipinski definition) is 0. The van der Waals surface area contributed by atoms with E-state index >= 15 is 0 Å². The van der Waals surface area contributed by atoms with Crippen LogP contribution in [0.2, 0.25) is 0 Å². The maximum absolute atomic E-state index is 2.69. The lowest BCUT2D eigenvalue weighted by molar-refractivity contribution is 0.0404. The molecule has 0 heterocycles. The summed E-state index contributed by atoms with van der Waals surface area (Å²) < 4.78 is 0.